The van der Waals surface area contributed by atoms with Gasteiger partial charge in [-0.15, -0.1) is 0 Å². The van der Waals surface area contributed by atoms with E-state index in [2.05, 4.69) is 32.0 Å². The summed E-state index contributed by atoms with van der Waals surface area (Å²) in [4.78, 5) is 0. The van der Waals surface area contributed by atoms with Gasteiger partial charge in [0.2, 0.25) is 0 Å². The molecule has 0 aliphatic rings. The van der Waals surface area contributed by atoms with Gasteiger partial charge in [-0.25, -0.2) is 0 Å². The van der Waals surface area contributed by atoms with E-state index in [0.717, 1.165) is 29.7 Å². The lowest BCUT2D eigenvalue weighted by molar-refractivity contribution is 0.108. The third-order valence-electron chi connectivity index (χ3n) is 3.63. The van der Waals surface area contributed by atoms with Crippen molar-refractivity contribution in [2.75, 3.05) is 6.61 Å². The lowest BCUT2D eigenvalue weighted by Gasteiger charge is -2.15. The number of aryl methyl sites for hydroxylation is 3. The maximum Gasteiger partial charge on any atom is 0.122 e. The Balaban J connectivity index is 1.96. The van der Waals surface area contributed by atoms with Gasteiger partial charge in [0.25, 0.3) is 0 Å². The van der Waals surface area contributed by atoms with E-state index in [1.165, 1.54) is 11.1 Å². The lowest BCUT2D eigenvalue weighted by Crippen LogP contribution is -2.10. The highest BCUT2D eigenvalue weighted by atomic mass is 16.5. The first kappa shape index (κ1) is 15.6. The van der Waals surface area contributed by atoms with Crippen LogP contribution in [-0.4, -0.2) is 11.7 Å². The second-order valence-electron chi connectivity index (χ2n) is 5.59. The number of rotatable bonds is 6. The van der Waals surface area contributed by atoms with Gasteiger partial charge in [-0.2, -0.15) is 0 Å². The van der Waals surface area contributed by atoms with Crippen molar-refractivity contribution in [3.8, 4) is 5.75 Å². The van der Waals surface area contributed by atoms with Crippen LogP contribution in [0.5, 0.6) is 5.75 Å². The van der Waals surface area contributed by atoms with Gasteiger partial charge in [0.05, 0.1) is 0 Å². The van der Waals surface area contributed by atoms with Crippen LogP contribution in [0.3, 0.4) is 0 Å². The van der Waals surface area contributed by atoms with Gasteiger partial charge in [-0.05, 0) is 43.0 Å². The molecule has 0 aromatic heterocycles. The molecular formula is C19H24O2. The van der Waals surface area contributed by atoms with Crippen molar-refractivity contribution in [3.05, 3.63) is 64.7 Å². The molecule has 0 aliphatic carbocycles. The van der Waals surface area contributed by atoms with E-state index in [0.29, 0.717) is 0 Å². The average molecular weight is 284 g/mol. The Labute approximate surface area is 127 Å². The first-order valence-corrected chi connectivity index (χ1v) is 7.57. The highest BCUT2D eigenvalue weighted by molar-refractivity contribution is 5.35. The highest BCUT2D eigenvalue weighted by Crippen LogP contribution is 2.21. The summed E-state index contributed by atoms with van der Waals surface area (Å²) in [6.07, 6.45) is 1.62. The summed E-state index contributed by atoms with van der Waals surface area (Å²) in [5, 5.41) is 10.2. The maximum atomic E-state index is 10.2. The molecule has 2 aromatic carbocycles. The highest BCUT2D eigenvalue weighted by Gasteiger charge is 2.09. The first-order chi connectivity index (χ1) is 10.1. The van der Waals surface area contributed by atoms with Crippen LogP contribution >= 0.6 is 0 Å². The van der Waals surface area contributed by atoms with Crippen LogP contribution in [0.1, 0.15) is 41.7 Å². The molecule has 112 valence electrons. The Morgan fingerprint density at radius 1 is 1.05 bits per heavy atom. The van der Waals surface area contributed by atoms with E-state index in [9.17, 15) is 5.11 Å². The van der Waals surface area contributed by atoms with Crippen LogP contribution in [-0.2, 0) is 6.42 Å². The van der Waals surface area contributed by atoms with Crippen LogP contribution in [0.4, 0.5) is 0 Å². The van der Waals surface area contributed by atoms with Crippen molar-refractivity contribution >= 4 is 0 Å². The molecule has 0 fully saturated rings. The number of ether oxygens (including phenoxy) is 1. The Morgan fingerprint density at radius 2 is 1.76 bits per heavy atom. The molecule has 2 aromatic rings. The van der Waals surface area contributed by atoms with Crippen molar-refractivity contribution in [1.82, 2.24) is 0 Å². The van der Waals surface area contributed by atoms with E-state index in [-0.39, 0.29) is 6.61 Å². The molecular weight excluding hydrogens is 260 g/mol. The first-order valence-electron chi connectivity index (χ1n) is 7.57. The Hall–Kier alpha value is -1.80. The van der Waals surface area contributed by atoms with Crippen molar-refractivity contribution < 1.29 is 9.84 Å². The Kier molecular flexibility index (Phi) is 5.40. The summed E-state index contributed by atoms with van der Waals surface area (Å²) in [6, 6.07) is 14.2. The summed E-state index contributed by atoms with van der Waals surface area (Å²) < 4.78 is 5.74. The van der Waals surface area contributed by atoms with Gasteiger partial charge in [-0.3, -0.25) is 0 Å². The molecule has 0 bridgehead atoms. The van der Waals surface area contributed by atoms with Crippen LogP contribution in [0.2, 0.25) is 0 Å². The largest absolute Gasteiger partial charge is 0.490 e. The normalized spacial score (nSPS) is 12.2. The van der Waals surface area contributed by atoms with E-state index < -0.39 is 6.10 Å². The molecule has 1 atom stereocenters. The minimum atomic E-state index is -0.596. The predicted octanol–water partition coefficient (Wildman–Crippen LogP) is 4.37. The molecule has 0 spiro atoms. The number of benzene rings is 2. The average Bonchev–Trinajstić information content (AvgIpc) is 2.47. The topological polar surface area (TPSA) is 29.5 Å². The Morgan fingerprint density at radius 3 is 2.38 bits per heavy atom. The summed E-state index contributed by atoms with van der Waals surface area (Å²) >= 11 is 0. The second-order valence-corrected chi connectivity index (χ2v) is 5.59. The molecule has 1 unspecified atom stereocenters. The summed E-state index contributed by atoms with van der Waals surface area (Å²) in [7, 11) is 0. The van der Waals surface area contributed by atoms with Gasteiger partial charge in [-0.1, -0.05) is 55.3 Å². The van der Waals surface area contributed by atoms with Crippen LogP contribution in [0.25, 0.3) is 0 Å². The zero-order chi connectivity index (χ0) is 15.2. The molecule has 0 saturated heterocycles. The SMILES string of the molecule is CCCc1ccc(C(O)COc2ccc(C)cc2C)cc1. The lowest BCUT2D eigenvalue weighted by atomic mass is 10.0. The maximum absolute atomic E-state index is 10.2. The van der Waals surface area contributed by atoms with Gasteiger partial charge >= 0.3 is 0 Å². The predicted molar refractivity (Wildman–Crippen MR) is 86.8 cm³/mol. The molecule has 0 amide bonds. The quantitative estimate of drug-likeness (QED) is 0.853. The summed E-state index contributed by atoms with van der Waals surface area (Å²) in [5.41, 5.74) is 4.52. The van der Waals surface area contributed by atoms with E-state index in [1.54, 1.807) is 0 Å². The summed E-state index contributed by atoms with van der Waals surface area (Å²) in [6.45, 7) is 6.52. The number of aliphatic hydroxyl groups is 1. The van der Waals surface area contributed by atoms with Crippen molar-refractivity contribution in [1.29, 1.82) is 0 Å². The molecule has 0 aliphatic heterocycles. The summed E-state index contributed by atoms with van der Waals surface area (Å²) in [5.74, 6) is 0.835. The van der Waals surface area contributed by atoms with Gasteiger partial charge in [0.1, 0.15) is 18.5 Å². The molecule has 0 saturated carbocycles. The Bertz CT molecular complexity index is 573. The van der Waals surface area contributed by atoms with Crippen molar-refractivity contribution in [3.63, 3.8) is 0 Å². The van der Waals surface area contributed by atoms with E-state index in [4.69, 9.17) is 4.74 Å². The zero-order valence-corrected chi connectivity index (χ0v) is 13.1. The molecule has 21 heavy (non-hydrogen) atoms. The van der Waals surface area contributed by atoms with Crippen LogP contribution in [0, 0.1) is 13.8 Å². The second kappa shape index (κ2) is 7.28. The monoisotopic (exact) mass is 284 g/mol. The fourth-order valence-electron chi connectivity index (χ4n) is 2.42. The van der Waals surface area contributed by atoms with Crippen molar-refractivity contribution in [2.45, 2.75) is 39.7 Å². The third kappa shape index (κ3) is 4.33. The molecule has 0 heterocycles. The molecule has 0 radical (unpaired) electrons. The molecule has 1 N–H and O–H groups in total. The molecule has 2 nitrogen and oxygen atoms in total. The smallest absolute Gasteiger partial charge is 0.122 e. The fraction of sp³-hybridized carbons (Fsp3) is 0.368. The zero-order valence-electron chi connectivity index (χ0n) is 13.1. The van der Waals surface area contributed by atoms with Gasteiger partial charge in [0.15, 0.2) is 0 Å². The van der Waals surface area contributed by atoms with Crippen LogP contribution < -0.4 is 4.74 Å². The van der Waals surface area contributed by atoms with E-state index >= 15 is 0 Å². The fourth-order valence-corrected chi connectivity index (χ4v) is 2.42. The van der Waals surface area contributed by atoms with Crippen LogP contribution in [0.15, 0.2) is 42.5 Å². The standard InChI is InChI=1S/C19H24O2/c1-4-5-16-7-9-17(10-8-16)18(20)13-21-19-11-6-14(2)12-15(19)3/h6-12,18,20H,4-5,13H2,1-3H3. The van der Waals surface area contributed by atoms with Gasteiger partial charge in [0, 0.05) is 0 Å². The number of hydrogen-bond acceptors (Lipinski definition) is 2. The number of hydrogen-bond donors (Lipinski definition) is 1. The minimum Gasteiger partial charge on any atom is -0.490 e. The number of aliphatic hydroxyl groups excluding tert-OH is 1. The molecule has 2 heteroatoms. The third-order valence-corrected chi connectivity index (χ3v) is 3.63. The van der Waals surface area contributed by atoms with Crippen molar-refractivity contribution in [2.24, 2.45) is 0 Å². The van der Waals surface area contributed by atoms with Gasteiger partial charge < -0.3 is 9.84 Å². The van der Waals surface area contributed by atoms with E-state index in [1.807, 2.05) is 31.2 Å². The minimum absolute atomic E-state index is 0.275. The molecule has 2 rings (SSSR count).